The molecule has 2 aliphatic carbocycles. The molecule has 1 nitrogen and oxygen atoms in total. The van der Waals surface area contributed by atoms with E-state index in [4.69, 9.17) is 0 Å². The molecular weight excluding hydrogens is 239 g/mol. The summed E-state index contributed by atoms with van der Waals surface area (Å²) in [6, 6.07) is 0. The third-order valence-electron chi connectivity index (χ3n) is 4.68. The first-order valence-electron chi connectivity index (χ1n) is 6.94. The molecule has 1 spiro atoms. The van der Waals surface area contributed by atoms with Crippen LogP contribution >= 0.6 is 0 Å². The van der Waals surface area contributed by atoms with Gasteiger partial charge < -0.3 is 5.32 Å². The summed E-state index contributed by atoms with van der Waals surface area (Å²) in [5, 5.41) is 3.47. The molecule has 0 bridgehead atoms. The van der Waals surface area contributed by atoms with Crippen LogP contribution in [0.15, 0.2) is 0 Å². The summed E-state index contributed by atoms with van der Waals surface area (Å²) in [6.07, 6.45) is -0.622. The first-order chi connectivity index (χ1) is 8.12. The fourth-order valence-electron chi connectivity index (χ4n) is 3.28. The van der Waals surface area contributed by atoms with Crippen molar-refractivity contribution in [2.45, 2.75) is 64.6 Å². The van der Waals surface area contributed by atoms with Crippen molar-refractivity contribution in [3.8, 4) is 0 Å². The summed E-state index contributed by atoms with van der Waals surface area (Å²) in [5.74, 6) is -0.439. The second-order valence-electron chi connectivity index (χ2n) is 7.21. The first kappa shape index (κ1) is 14.2. The molecule has 2 rings (SSSR count). The number of halogens is 3. The second-order valence-corrected chi connectivity index (χ2v) is 7.21. The molecule has 0 aliphatic heterocycles. The highest BCUT2D eigenvalue weighted by atomic mass is 19.4. The van der Waals surface area contributed by atoms with Crippen LogP contribution < -0.4 is 5.32 Å². The van der Waals surface area contributed by atoms with Crippen LogP contribution in [0.25, 0.3) is 0 Å². The summed E-state index contributed by atoms with van der Waals surface area (Å²) in [4.78, 5) is 0. The molecule has 0 aromatic rings. The van der Waals surface area contributed by atoms with Gasteiger partial charge in [-0.3, -0.25) is 0 Å². The number of hydrogen-bond donors (Lipinski definition) is 1. The molecule has 1 N–H and O–H groups in total. The Balaban J connectivity index is 1.78. The van der Waals surface area contributed by atoms with E-state index in [1.807, 2.05) is 0 Å². The lowest BCUT2D eigenvalue weighted by atomic mass is 9.78. The van der Waals surface area contributed by atoms with Crippen LogP contribution in [0.5, 0.6) is 0 Å². The van der Waals surface area contributed by atoms with Gasteiger partial charge in [0.1, 0.15) is 0 Å². The van der Waals surface area contributed by atoms with Crippen molar-refractivity contribution in [2.75, 3.05) is 6.54 Å². The van der Waals surface area contributed by atoms with Crippen LogP contribution in [0.2, 0.25) is 0 Å². The maximum atomic E-state index is 12.6. The molecule has 0 heterocycles. The maximum Gasteiger partial charge on any atom is 0.391 e. The molecule has 4 heteroatoms. The third kappa shape index (κ3) is 3.19. The monoisotopic (exact) mass is 263 g/mol. The predicted octanol–water partition coefficient (Wildman–Crippen LogP) is 4.13. The minimum atomic E-state index is -3.98. The normalized spacial score (nSPS) is 37.0. The third-order valence-corrected chi connectivity index (χ3v) is 4.68. The van der Waals surface area contributed by atoms with Crippen LogP contribution in [0, 0.1) is 17.3 Å². The Labute approximate surface area is 108 Å². The van der Waals surface area contributed by atoms with E-state index >= 15 is 0 Å². The van der Waals surface area contributed by atoms with E-state index in [0.29, 0.717) is 18.8 Å². The van der Waals surface area contributed by atoms with Crippen LogP contribution in [-0.2, 0) is 0 Å². The first-order valence-corrected chi connectivity index (χ1v) is 6.94. The molecule has 0 amide bonds. The highest BCUT2D eigenvalue weighted by Crippen LogP contribution is 2.63. The Bertz CT molecular complexity index is 295. The van der Waals surface area contributed by atoms with Crippen molar-refractivity contribution in [1.82, 2.24) is 5.32 Å². The Hall–Kier alpha value is -0.250. The Kier molecular flexibility index (Phi) is 3.46. The van der Waals surface area contributed by atoms with E-state index in [1.165, 1.54) is 0 Å². The minimum absolute atomic E-state index is 0.104. The van der Waals surface area contributed by atoms with Gasteiger partial charge in [-0.05, 0) is 70.8 Å². The summed E-state index contributed by atoms with van der Waals surface area (Å²) < 4.78 is 37.8. The molecule has 0 saturated heterocycles. The molecule has 0 radical (unpaired) electrons. The van der Waals surface area contributed by atoms with Gasteiger partial charge in [-0.25, -0.2) is 0 Å². The number of rotatable bonds is 2. The van der Waals surface area contributed by atoms with Gasteiger partial charge in [0.2, 0.25) is 0 Å². The highest BCUT2D eigenvalue weighted by Gasteiger charge is 2.57. The molecule has 2 aliphatic rings. The lowest BCUT2D eigenvalue weighted by molar-refractivity contribution is -0.185. The zero-order valence-corrected chi connectivity index (χ0v) is 11.5. The fraction of sp³-hybridized carbons (Fsp3) is 1.00. The van der Waals surface area contributed by atoms with Crippen molar-refractivity contribution >= 4 is 0 Å². The Morgan fingerprint density at radius 2 is 1.67 bits per heavy atom. The topological polar surface area (TPSA) is 12.0 Å². The van der Waals surface area contributed by atoms with Crippen molar-refractivity contribution in [2.24, 2.45) is 17.3 Å². The van der Waals surface area contributed by atoms with Gasteiger partial charge in [0.15, 0.2) is 0 Å². The molecule has 106 valence electrons. The predicted molar refractivity (Wildman–Crippen MR) is 66.3 cm³/mol. The average Bonchev–Trinajstić information content (AvgIpc) is 2.87. The lowest BCUT2D eigenvalue weighted by Gasteiger charge is -2.31. The van der Waals surface area contributed by atoms with Crippen LogP contribution in [0.3, 0.4) is 0 Å². The van der Waals surface area contributed by atoms with E-state index < -0.39 is 12.1 Å². The van der Waals surface area contributed by atoms with Crippen molar-refractivity contribution in [3.63, 3.8) is 0 Å². The van der Waals surface area contributed by atoms with E-state index in [9.17, 15) is 13.2 Å². The second kappa shape index (κ2) is 4.39. The minimum Gasteiger partial charge on any atom is -0.312 e. The summed E-state index contributed by atoms with van der Waals surface area (Å²) in [5.41, 5.74) is 0.354. The van der Waals surface area contributed by atoms with Gasteiger partial charge in [-0.15, -0.1) is 0 Å². The lowest BCUT2D eigenvalue weighted by Crippen LogP contribution is -2.38. The van der Waals surface area contributed by atoms with E-state index in [2.05, 4.69) is 26.1 Å². The summed E-state index contributed by atoms with van der Waals surface area (Å²) in [6.45, 7) is 7.34. The molecule has 2 saturated carbocycles. The van der Waals surface area contributed by atoms with Crippen LogP contribution in [0.1, 0.15) is 52.9 Å². The van der Waals surface area contributed by atoms with Crippen molar-refractivity contribution < 1.29 is 13.2 Å². The molecule has 1 unspecified atom stereocenters. The Morgan fingerprint density at radius 1 is 1.11 bits per heavy atom. The van der Waals surface area contributed by atoms with Gasteiger partial charge in [0.25, 0.3) is 0 Å². The molecule has 1 atom stereocenters. The van der Waals surface area contributed by atoms with Gasteiger partial charge in [0.05, 0.1) is 5.92 Å². The van der Waals surface area contributed by atoms with Gasteiger partial charge >= 0.3 is 6.18 Å². The summed E-state index contributed by atoms with van der Waals surface area (Å²) >= 11 is 0. The van der Waals surface area contributed by atoms with Gasteiger partial charge in [-0.2, -0.15) is 13.2 Å². The Morgan fingerprint density at radius 3 is 2.11 bits per heavy atom. The van der Waals surface area contributed by atoms with E-state index in [-0.39, 0.29) is 11.0 Å². The molecular formula is C14H24F3N. The quantitative estimate of drug-likeness (QED) is 0.789. The van der Waals surface area contributed by atoms with Gasteiger partial charge in [-0.1, -0.05) is 0 Å². The van der Waals surface area contributed by atoms with E-state index in [0.717, 1.165) is 25.8 Å². The summed E-state index contributed by atoms with van der Waals surface area (Å²) in [7, 11) is 0. The van der Waals surface area contributed by atoms with E-state index in [1.54, 1.807) is 0 Å². The average molecular weight is 263 g/mol. The van der Waals surface area contributed by atoms with Crippen molar-refractivity contribution in [3.05, 3.63) is 0 Å². The molecule has 2 fully saturated rings. The van der Waals surface area contributed by atoms with Crippen LogP contribution in [-0.4, -0.2) is 18.3 Å². The molecule has 0 aromatic carbocycles. The fourth-order valence-corrected chi connectivity index (χ4v) is 3.28. The zero-order valence-electron chi connectivity index (χ0n) is 11.5. The van der Waals surface area contributed by atoms with Crippen molar-refractivity contribution in [1.29, 1.82) is 0 Å². The molecule has 18 heavy (non-hydrogen) atoms. The maximum absolute atomic E-state index is 12.6. The van der Waals surface area contributed by atoms with Crippen LogP contribution in [0.4, 0.5) is 13.2 Å². The number of alkyl halides is 3. The largest absolute Gasteiger partial charge is 0.391 e. The number of hydrogen-bond acceptors (Lipinski definition) is 1. The standard InChI is InChI=1S/C14H24F3N/c1-12(2,3)18-9-11-8-13(11)6-4-10(5-7-13)14(15,16)17/h10-11,18H,4-9H2,1-3H3. The SMILES string of the molecule is CC(C)(C)NCC1CC12CCC(C(F)(F)F)CC2. The number of nitrogens with one attached hydrogen (secondary N) is 1. The van der Waals surface area contributed by atoms with Gasteiger partial charge in [0, 0.05) is 5.54 Å². The smallest absolute Gasteiger partial charge is 0.312 e. The highest BCUT2D eigenvalue weighted by molar-refractivity contribution is 5.06. The molecule has 0 aromatic heterocycles. The zero-order chi connectivity index (χ0) is 13.6.